The fourth-order valence-electron chi connectivity index (χ4n) is 1.02. The van der Waals surface area contributed by atoms with Gasteiger partial charge in [0.25, 0.3) is 0 Å². The fourth-order valence-corrected chi connectivity index (χ4v) is 1.02. The van der Waals surface area contributed by atoms with E-state index in [0.29, 0.717) is 0 Å². The van der Waals surface area contributed by atoms with Gasteiger partial charge in [-0.15, -0.1) is 0 Å². The van der Waals surface area contributed by atoms with Gasteiger partial charge in [0.05, 0.1) is 0 Å². The van der Waals surface area contributed by atoms with Gasteiger partial charge in [0, 0.05) is 0 Å². The van der Waals surface area contributed by atoms with Crippen molar-refractivity contribution in [1.82, 2.24) is 0 Å². The zero-order chi connectivity index (χ0) is 10.8. The average molecular weight is 185 g/mol. The van der Waals surface area contributed by atoms with Gasteiger partial charge < -0.3 is 0 Å². The highest BCUT2D eigenvalue weighted by molar-refractivity contribution is 6.55. The molecule has 73 valence electrons. The maximum atomic E-state index is 3.65. The average Bonchev–Trinajstić information content (AvgIpc) is 2.22. The third kappa shape index (κ3) is 5.42. The molecule has 0 fully saturated rings. The molecule has 0 rings (SSSR count). The first-order chi connectivity index (χ1) is 6.78. The van der Waals surface area contributed by atoms with Crippen molar-refractivity contribution in [3.8, 4) is 0 Å². The Kier molecular flexibility index (Phi) is 7.63. The van der Waals surface area contributed by atoms with Crippen LogP contribution in [0.3, 0.4) is 0 Å². The lowest BCUT2D eigenvalue weighted by atomic mass is 9.62. The van der Waals surface area contributed by atoms with Crippen LogP contribution in [0.15, 0.2) is 60.1 Å². The Hall–Kier alpha value is -1.24. The van der Waals surface area contributed by atoms with Crippen molar-refractivity contribution in [1.29, 1.82) is 0 Å². The second-order valence-corrected chi connectivity index (χ2v) is 2.82. The lowest BCUT2D eigenvalue weighted by molar-refractivity contribution is 1.62. The number of hydrogen-bond donors (Lipinski definition) is 0. The van der Waals surface area contributed by atoms with Crippen molar-refractivity contribution in [2.75, 3.05) is 0 Å². The van der Waals surface area contributed by atoms with Crippen molar-refractivity contribution in [3.63, 3.8) is 0 Å². The second-order valence-electron chi connectivity index (χ2n) is 2.82. The van der Waals surface area contributed by atoms with E-state index in [1.807, 2.05) is 39.0 Å². The number of allylic oxidation sites excluding steroid dienone is 9. The molecule has 0 saturated carbocycles. The summed E-state index contributed by atoms with van der Waals surface area (Å²) in [6, 6.07) is 0. The van der Waals surface area contributed by atoms with E-state index < -0.39 is 0 Å². The summed E-state index contributed by atoms with van der Waals surface area (Å²) >= 11 is 0. The lowest BCUT2D eigenvalue weighted by Gasteiger charge is -2.00. The fraction of sp³-hybridized carbons (Fsp3) is 0.231. The van der Waals surface area contributed by atoms with E-state index in [9.17, 15) is 0 Å². The van der Waals surface area contributed by atoms with Crippen molar-refractivity contribution in [2.24, 2.45) is 0 Å². The highest BCUT2D eigenvalue weighted by atomic mass is 13.8. The van der Waals surface area contributed by atoms with Crippen LogP contribution in [-0.4, -0.2) is 7.28 Å². The van der Waals surface area contributed by atoms with Gasteiger partial charge in [-0.2, -0.15) is 0 Å². The molecule has 0 aliphatic carbocycles. The Labute approximate surface area is 88.7 Å². The molecule has 0 aromatic heterocycles. The molecule has 0 atom stereocenters. The summed E-state index contributed by atoms with van der Waals surface area (Å²) < 4.78 is 0. The summed E-state index contributed by atoms with van der Waals surface area (Å²) in [5, 5.41) is 0. The first kappa shape index (κ1) is 12.8. The van der Waals surface area contributed by atoms with Crippen molar-refractivity contribution in [3.05, 3.63) is 60.1 Å². The van der Waals surface area contributed by atoms with Gasteiger partial charge in [0.2, 0.25) is 0 Å². The largest absolute Gasteiger partial charge is 0.190 e. The van der Waals surface area contributed by atoms with Crippen LogP contribution in [0.4, 0.5) is 0 Å². The molecule has 0 unspecified atom stereocenters. The SMILES string of the molecule is C=C/C=C\C([B]C(/C=C\C)=C/C)=C/C. The molecule has 0 aliphatic heterocycles. The highest BCUT2D eigenvalue weighted by Gasteiger charge is 1.96. The second kappa shape index (κ2) is 8.37. The Balaban J connectivity index is 4.46. The van der Waals surface area contributed by atoms with Crippen LogP contribution in [0.2, 0.25) is 0 Å². The smallest absolute Gasteiger partial charge is 0.0991 e. The Morgan fingerprint density at radius 2 is 1.57 bits per heavy atom. The van der Waals surface area contributed by atoms with E-state index in [2.05, 4.69) is 32.1 Å². The summed E-state index contributed by atoms with van der Waals surface area (Å²) in [5.74, 6) is 0. The van der Waals surface area contributed by atoms with E-state index in [0.717, 1.165) is 0 Å². The third-order valence-corrected chi connectivity index (χ3v) is 1.78. The standard InChI is InChI=1S/C13H18B/c1-5-9-11-13(8-4)14-12(7-3)10-6-2/h5-11H,1H2,2-4H3/b10-6-,11-9-,12-7+,13-8+. The maximum absolute atomic E-state index is 3.65. The molecule has 0 heterocycles. The van der Waals surface area contributed by atoms with Gasteiger partial charge in [-0.1, -0.05) is 60.1 Å². The maximum Gasteiger partial charge on any atom is 0.190 e. The predicted molar refractivity (Wildman–Crippen MR) is 67.4 cm³/mol. The molecule has 0 amide bonds. The van der Waals surface area contributed by atoms with Crippen LogP contribution in [0.1, 0.15) is 20.8 Å². The van der Waals surface area contributed by atoms with Gasteiger partial charge in [-0.3, -0.25) is 0 Å². The summed E-state index contributed by atoms with van der Waals surface area (Å²) in [5.41, 5.74) is 2.41. The molecule has 0 saturated heterocycles. The summed E-state index contributed by atoms with van der Waals surface area (Å²) in [6.07, 6.45) is 14.1. The Bertz CT molecular complexity index is 278. The molecule has 0 aromatic carbocycles. The van der Waals surface area contributed by atoms with Crippen molar-refractivity contribution in [2.45, 2.75) is 20.8 Å². The van der Waals surface area contributed by atoms with Crippen LogP contribution in [-0.2, 0) is 0 Å². The van der Waals surface area contributed by atoms with E-state index in [1.54, 1.807) is 6.08 Å². The molecular formula is C13H18B. The van der Waals surface area contributed by atoms with Gasteiger partial charge in [-0.25, -0.2) is 0 Å². The van der Waals surface area contributed by atoms with Gasteiger partial charge in [-0.05, 0) is 20.8 Å². The minimum Gasteiger partial charge on any atom is -0.0991 e. The highest BCUT2D eigenvalue weighted by Crippen LogP contribution is 2.04. The predicted octanol–water partition coefficient (Wildman–Crippen LogP) is 3.82. The zero-order valence-corrected chi connectivity index (χ0v) is 9.33. The first-order valence-corrected chi connectivity index (χ1v) is 4.87. The van der Waals surface area contributed by atoms with Crippen LogP contribution >= 0.6 is 0 Å². The molecule has 14 heavy (non-hydrogen) atoms. The van der Waals surface area contributed by atoms with Gasteiger partial charge in [0.1, 0.15) is 0 Å². The molecule has 0 nitrogen and oxygen atoms in total. The normalized spacial score (nSPS) is 13.9. The summed E-state index contributed by atoms with van der Waals surface area (Å²) in [4.78, 5) is 0. The monoisotopic (exact) mass is 185 g/mol. The quantitative estimate of drug-likeness (QED) is 0.451. The molecule has 0 bridgehead atoms. The molecule has 1 heteroatoms. The van der Waals surface area contributed by atoms with E-state index in [1.165, 1.54) is 10.9 Å². The third-order valence-electron chi connectivity index (χ3n) is 1.78. The molecular weight excluding hydrogens is 167 g/mol. The molecule has 0 aliphatic rings. The van der Waals surface area contributed by atoms with Crippen LogP contribution in [0.5, 0.6) is 0 Å². The lowest BCUT2D eigenvalue weighted by Crippen LogP contribution is -1.96. The van der Waals surface area contributed by atoms with E-state index in [-0.39, 0.29) is 0 Å². The van der Waals surface area contributed by atoms with Gasteiger partial charge in [0.15, 0.2) is 7.28 Å². The summed E-state index contributed by atoms with van der Waals surface area (Å²) in [6.45, 7) is 9.73. The van der Waals surface area contributed by atoms with E-state index in [4.69, 9.17) is 0 Å². The number of hydrogen-bond acceptors (Lipinski definition) is 0. The first-order valence-electron chi connectivity index (χ1n) is 4.87. The Morgan fingerprint density at radius 1 is 1.00 bits per heavy atom. The minimum absolute atomic E-state index is 1.19. The van der Waals surface area contributed by atoms with Crippen LogP contribution in [0, 0.1) is 0 Å². The topological polar surface area (TPSA) is 0 Å². The summed E-state index contributed by atoms with van der Waals surface area (Å²) in [7, 11) is 2.14. The van der Waals surface area contributed by atoms with Crippen LogP contribution in [0.25, 0.3) is 0 Å². The minimum atomic E-state index is 1.19. The number of rotatable bonds is 5. The Morgan fingerprint density at radius 3 is 2.00 bits per heavy atom. The van der Waals surface area contributed by atoms with E-state index >= 15 is 0 Å². The molecule has 0 spiro atoms. The van der Waals surface area contributed by atoms with Crippen LogP contribution < -0.4 is 0 Å². The van der Waals surface area contributed by atoms with Gasteiger partial charge >= 0.3 is 0 Å². The van der Waals surface area contributed by atoms with Crippen molar-refractivity contribution >= 4 is 7.28 Å². The zero-order valence-electron chi connectivity index (χ0n) is 9.33. The molecule has 0 aromatic rings. The molecule has 1 radical (unpaired) electrons. The molecule has 0 N–H and O–H groups in total. The van der Waals surface area contributed by atoms with Crippen molar-refractivity contribution < 1.29 is 0 Å².